The number of anilines is 1. The molecule has 0 radical (unpaired) electrons. The number of ether oxygens (including phenoxy) is 2. The number of fused-ring (bicyclic) bond motifs is 2. The van der Waals surface area contributed by atoms with E-state index in [0.717, 1.165) is 16.7 Å². The van der Waals surface area contributed by atoms with Crippen molar-refractivity contribution in [2.75, 3.05) is 18.5 Å². The number of carbonyl (C=O) groups is 2. The maximum Gasteiger partial charge on any atom is 0.256 e. The number of pyridine rings is 1. The van der Waals surface area contributed by atoms with Crippen LogP contribution in [-0.4, -0.2) is 39.7 Å². The highest BCUT2D eigenvalue weighted by atomic mass is 16.6. The Balaban J connectivity index is 1.44. The molecular weight excluding hydrogens is 408 g/mol. The summed E-state index contributed by atoms with van der Waals surface area (Å²) in [6.45, 7) is 2.79. The highest BCUT2D eigenvalue weighted by Gasteiger charge is 2.21. The minimum Gasteiger partial charge on any atom is -0.486 e. The number of ketones is 1. The van der Waals surface area contributed by atoms with Crippen LogP contribution in [0.25, 0.3) is 11.0 Å². The first-order valence-electron chi connectivity index (χ1n) is 10.2. The molecule has 0 aliphatic carbocycles. The lowest BCUT2D eigenvalue weighted by Gasteiger charge is -2.18. The number of aromatic nitrogens is 3. The van der Waals surface area contributed by atoms with Crippen LogP contribution >= 0.6 is 0 Å². The lowest BCUT2D eigenvalue weighted by atomic mass is 9.97. The first-order valence-corrected chi connectivity index (χ1v) is 10.2. The second-order valence-electron chi connectivity index (χ2n) is 7.49. The molecule has 1 aliphatic rings. The van der Waals surface area contributed by atoms with Gasteiger partial charge in [0.15, 0.2) is 22.9 Å². The number of rotatable bonds is 4. The number of nitrogens with zero attached hydrogens (tertiary/aromatic N) is 3. The third-order valence-electron chi connectivity index (χ3n) is 5.34. The molecule has 0 fully saturated rings. The molecule has 8 heteroatoms. The standard InChI is InChI=1S/C24H20N4O4/c1-14-19-12-16(13-25-23(19)28(2)27-14)26-24(30)18-6-4-3-5-17(18)22(29)15-7-8-20-21(11-15)32-10-9-31-20/h3-8,11-13H,9-10H2,1-2H3,(H,26,30). The van der Waals surface area contributed by atoms with Crippen LogP contribution in [0, 0.1) is 6.92 Å². The van der Waals surface area contributed by atoms with E-state index in [1.54, 1.807) is 53.3 Å². The number of hydrogen-bond donors (Lipinski definition) is 1. The Hall–Kier alpha value is -4.20. The molecule has 3 heterocycles. The fourth-order valence-corrected chi connectivity index (χ4v) is 3.79. The zero-order chi connectivity index (χ0) is 22.2. The van der Waals surface area contributed by atoms with E-state index in [2.05, 4.69) is 15.4 Å². The molecule has 1 aliphatic heterocycles. The monoisotopic (exact) mass is 428 g/mol. The molecule has 5 rings (SSSR count). The molecule has 0 atom stereocenters. The van der Waals surface area contributed by atoms with Crippen molar-refractivity contribution in [1.29, 1.82) is 0 Å². The second kappa shape index (κ2) is 7.81. The Morgan fingerprint density at radius 1 is 1.00 bits per heavy atom. The van der Waals surface area contributed by atoms with Crippen molar-refractivity contribution in [3.8, 4) is 11.5 Å². The summed E-state index contributed by atoms with van der Waals surface area (Å²) in [6.07, 6.45) is 1.58. The van der Waals surface area contributed by atoms with E-state index in [1.807, 2.05) is 20.0 Å². The minimum atomic E-state index is -0.394. The fourth-order valence-electron chi connectivity index (χ4n) is 3.79. The fraction of sp³-hybridized carbons (Fsp3) is 0.167. The molecule has 1 N–H and O–H groups in total. The van der Waals surface area contributed by atoms with Crippen LogP contribution in [0.1, 0.15) is 32.0 Å². The van der Waals surface area contributed by atoms with Gasteiger partial charge in [-0.05, 0) is 37.3 Å². The zero-order valence-corrected chi connectivity index (χ0v) is 17.6. The number of aryl methyl sites for hydroxylation is 2. The maximum absolute atomic E-state index is 13.2. The third-order valence-corrected chi connectivity index (χ3v) is 5.34. The molecule has 0 saturated carbocycles. The minimum absolute atomic E-state index is 0.274. The average Bonchev–Trinajstić information content (AvgIpc) is 3.11. The van der Waals surface area contributed by atoms with Gasteiger partial charge in [-0.1, -0.05) is 18.2 Å². The highest BCUT2D eigenvalue weighted by Crippen LogP contribution is 2.32. The van der Waals surface area contributed by atoms with Gasteiger partial charge in [-0.15, -0.1) is 0 Å². The smallest absolute Gasteiger partial charge is 0.256 e. The Labute approximate surface area is 183 Å². The first kappa shape index (κ1) is 19.7. The van der Waals surface area contributed by atoms with Crippen LogP contribution in [0.15, 0.2) is 54.7 Å². The molecule has 32 heavy (non-hydrogen) atoms. The maximum atomic E-state index is 13.2. The Morgan fingerprint density at radius 3 is 2.56 bits per heavy atom. The predicted octanol–water partition coefficient (Wildman–Crippen LogP) is 3.53. The van der Waals surface area contributed by atoms with Gasteiger partial charge >= 0.3 is 0 Å². The van der Waals surface area contributed by atoms with Crippen molar-refractivity contribution >= 4 is 28.4 Å². The molecule has 0 bridgehead atoms. The van der Waals surface area contributed by atoms with E-state index in [-0.39, 0.29) is 11.3 Å². The topological polar surface area (TPSA) is 95.3 Å². The van der Waals surface area contributed by atoms with Crippen LogP contribution in [0.4, 0.5) is 5.69 Å². The van der Waals surface area contributed by atoms with Gasteiger partial charge in [0.1, 0.15) is 13.2 Å². The first-order chi connectivity index (χ1) is 15.5. The lowest BCUT2D eigenvalue weighted by Crippen LogP contribution is -2.18. The summed E-state index contributed by atoms with van der Waals surface area (Å²) >= 11 is 0. The summed E-state index contributed by atoms with van der Waals surface area (Å²) in [4.78, 5) is 30.7. The van der Waals surface area contributed by atoms with Crippen molar-refractivity contribution in [3.63, 3.8) is 0 Å². The number of hydrogen-bond acceptors (Lipinski definition) is 6. The quantitative estimate of drug-likeness (QED) is 0.500. The Kier molecular flexibility index (Phi) is 4.82. The Morgan fingerprint density at radius 2 is 1.75 bits per heavy atom. The zero-order valence-electron chi connectivity index (χ0n) is 17.6. The number of benzene rings is 2. The number of amides is 1. The molecule has 2 aromatic carbocycles. The van der Waals surface area contributed by atoms with Gasteiger partial charge in [0.25, 0.3) is 5.91 Å². The number of carbonyl (C=O) groups excluding carboxylic acids is 2. The molecule has 1 amide bonds. The Bertz CT molecular complexity index is 1380. The van der Waals surface area contributed by atoms with Crippen LogP contribution in [0.2, 0.25) is 0 Å². The summed E-state index contributed by atoms with van der Waals surface area (Å²) in [5.41, 5.74) is 3.07. The highest BCUT2D eigenvalue weighted by molar-refractivity contribution is 6.18. The largest absolute Gasteiger partial charge is 0.486 e. The van der Waals surface area contributed by atoms with E-state index >= 15 is 0 Å². The molecular formula is C24H20N4O4. The van der Waals surface area contributed by atoms with Crippen molar-refractivity contribution in [3.05, 3.63) is 77.1 Å². The summed E-state index contributed by atoms with van der Waals surface area (Å²) in [6, 6.07) is 13.6. The van der Waals surface area contributed by atoms with E-state index in [0.29, 0.717) is 41.5 Å². The van der Waals surface area contributed by atoms with Gasteiger partial charge in [0.05, 0.1) is 23.1 Å². The van der Waals surface area contributed by atoms with Gasteiger partial charge in [0.2, 0.25) is 0 Å². The molecule has 4 aromatic rings. The molecule has 2 aromatic heterocycles. The molecule has 0 spiro atoms. The lowest BCUT2D eigenvalue weighted by molar-refractivity contribution is 0.0996. The van der Waals surface area contributed by atoms with E-state index in [4.69, 9.17) is 9.47 Å². The predicted molar refractivity (Wildman–Crippen MR) is 119 cm³/mol. The SMILES string of the molecule is Cc1nn(C)c2ncc(NC(=O)c3ccccc3C(=O)c3ccc4c(c3)OCCO4)cc12. The van der Waals surface area contributed by atoms with Crippen LogP contribution in [-0.2, 0) is 7.05 Å². The second-order valence-corrected chi connectivity index (χ2v) is 7.49. The van der Waals surface area contributed by atoms with Crippen molar-refractivity contribution in [1.82, 2.24) is 14.8 Å². The molecule has 0 unspecified atom stereocenters. The van der Waals surface area contributed by atoms with Crippen LogP contribution in [0.5, 0.6) is 11.5 Å². The van der Waals surface area contributed by atoms with Gasteiger partial charge in [-0.2, -0.15) is 5.10 Å². The summed E-state index contributed by atoms with van der Waals surface area (Å²) < 4.78 is 12.8. The summed E-state index contributed by atoms with van der Waals surface area (Å²) in [5.74, 6) is 0.459. The van der Waals surface area contributed by atoms with Gasteiger partial charge in [-0.3, -0.25) is 14.3 Å². The van der Waals surface area contributed by atoms with Crippen molar-refractivity contribution in [2.24, 2.45) is 7.05 Å². The molecule has 160 valence electrons. The van der Waals surface area contributed by atoms with Crippen LogP contribution < -0.4 is 14.8 Å². The van der Waals surface area contributed by atoms with E-state index in [9.17, 15) is 9.59 Å². The van der Waals surface area contributed by atoms with Crippen LogP contribution in [0.3, 0.4) is 0 Å². The van der Waals surface area contributed by atoms with E-state index in [1.165, 1.54) is 0 Å². The van der Waals surface area contributed by atoms with Crippen molar-refractivity contribution in [2.45, 2.75) is 6.92 Å². The summed E-state index contributed by atoms with van der Waals surface area (Å²) in [5, 5.41) is 8.05. The number of nitrogens with one attached hydrogen (secondary N) is 1. The third kappa shape index (κ3) is 3.45. The molecule has 8 nitrogen and oxygen atoms in total. The van der Waals surface area contributed by atoms with Gasteiger partial charge in [-0.25, -0.2) is 4.98 Å². The van der Waals surface area contributed by atoms with E-state index < -0.39 is 5.91 Å². The van der Waals surface area contributed by atoms with Gasteiger partial charge in [0, 0.05) is 23.6 Å². The van der Waals surface area contributed by atoms with Crippen molar-refractivity contribution < 1.29 is 19.1 Å². The normalized spacial score (nSPS) is 12.6. The summed E-state index contributed by atoms with van der Waals surface area (Å²) in [7, 11) is 1.82. The van der Waals surface area contributed by atoms with Gasteiger partial charge < -0.3 is 14.8 Å². The average molecular weight is 428 g/mol. The molecule has 0 saturated heterocycles.